The Morgan fingerprint density at radius 2 is 1.96 bits per heavy atom. The van der Waals surface area contributed by atoms with E-state index in [1.165, 1.54) is 6.08 Å². The van der Waals surface area contributed by atoms with Crippen molar-refractivity contribution in [1.82, 2.24) is 10.1 Å². The Morgan fingerprint density at radius 3 is 2.71 bits per heavy atom. The van der Waals surface area contributed by atoms with Crippen molar-refractivity contribution in [3.05, 3.63) is 64.5 Å². The summed E-state index contributed by atoms with van der Waals surface area (Å²) in [4.78, 5) is 16.1. The predicted octanol–water partition coefficient (Wildman–Crippen LogP) is 4.27. The van der Waals surface area contributed by atoms with Crippen LogP contribution in [0.1, 0.15) is 11.5 Å². The smallest absolute Gasteiger partial charge is 0.331 e. The molecule has 0 unspecified atom stereocenters. The van der Waals surface area contributed by atoms with Crippen LogP contribution in [0.15, 0.2) is 57.5 Å². The number of ether oxygens (including phenoxy) is 3. The first kappa shape index (κ1) is 19.6. The zero-order valence-corrected chi connectivity index (χ0v) is 16.8. The number of benzene rings is 2. The summed E-state index contributed by atoms with van der Waals surface area (Å²) in [6.07, 6.45) is 3.00. The minimum absolute atomic E-state index is 0.123. The van der Waals surface area contributed by atoms with Crippen molar-refractivity contribution in [2.75, 3.05) is 14.2 Å². The van der Waals surface area contributed by atoms with Gasteiger partial charge in [0.15, 0.2) is 18.1 Å². The number of rotatable bonds is 7. The lowest BCUT2D eigenvalue weighted by atomic mass is 10.2. The van der Waals surface area contributed by atoms with Crippen LogP contribution in [-0.4, -0.2) is 30.3 Å². The molecule has 144 valence electrons. The highest BCUT2D eigenvalue weighted by atomic mass is 79.9. The maximum Gasteiger partial charge on any atom is 0.331 e. The Hall–Kier alpha value is -3.13. The number of esters is 1. The quantitative estimate of drug-likeness (QED) is 0.397. The third-order valence-electron chi connectivity index (χ3n) is 3.71. The monoisotopic (exact) mass is 444 g/mol. The highest BCUT2D eigenvalue weighted by Crippen LogP contribution is 2.31. The molecule has 1 aromatic heterocycles. The first-order valence-corrected chi connectivity index (χ1v) is 9.03. The molecule has 0 amide bonds. The van der Waals surface area contributed by atoms with Crippen LogP contribution in [-0.2, 0) is 16.1 Å². The summed E-state index contributed by atoms with van der Waals surface area (Å²) in [7, 11) is 3.10. The molecule has 8 heteroatoms. The Kier molecular flexibility index (Phi) is 6.44. The number of hydrogen-bond acceptors (Lipinski definition) is 7. The van der Waals surface area contributed by atoms with Gasteiger partial charge in [-0.25, -0.2) is 4.79 Å². The molecule has 3 aromatic rings. The number of nitrogens with zero attached hydrogens (tertiary/aromatic N) is 2. The third-order valence-corrected chi connectivity index (χ3v) is 4.20. The first-order chi connectivity index (χ1) is 13.6. The van der Waals surface area contributed by atoms with E-state index in [4.69, 9.17) is 18.7 Å². The number of carbonyl (C=O) groups excluding carboxylic acids is 1. The topological polar surface area (TPSA) is 83.7 Å². The van der Waals surface area contributed by atoms with Gasteiger partial charge in [0.25, 0.3) is 5.89 Å². The summed E-state index contributed by atoms with van der Waals surface area (Å²) >= 11 is 3.38. The van der Waals surface area contributed by atoms with Crippen molar-refractivity contribution in [1.29, 1.82) is 0 Å². The van der Waals surface area contributed by atoms with Crippen LogP contribution in [0.25, 0.3) is 17.5 Å². The Morgan fingerprint density at radius 1 is 1.14 bits per heavy atom. The van der Waals surface area contributed by atoms with Crippen LogP contribution < -0.4 is 9.47 Å². The molecule has 0 aliphatic heterocycles. The molecule has 0 N–H and O–H groups in total. The summed E-state index contributed by atoms with van der Waals surface area (Å²) in [5.74, 6) is 1.19. The average molecular weight is 445 g/mol. The first-order valence-electron chi connectivity index (χ1n) is 8.24. The minimum atomic E-state index is -0.508. The third kappa shape index (κ3) is 4.98. The Bertz CT molecular complexity index is 1000. The van der Waals surface area contributed by atoms with E-state index in [0.29, 0.717) is 22.9 Å². The molecule has 28 heavy (non-hydrogen) atoms. The molecule has 0 radical (unpaired) electrons. The van der Waals surface area contributed by atoms with Crippen molar-refractivity contribution < 1.29 is 23.5 Å². The standard InChI is InChI=1S/C20H17BrN2O5/c1-25-16-8-7-14(11-17(16)26-2)20-22-18(28-23-20)12-27-19(24)9-6-13-4-3-5-15(21)10-13/h3-11H,12H2,1-2H3/b9-6+. The molecule has 0 spiro atoms. The molecular weight excluding hydrogens is 428 g/mol. The second-order valence-corrected chi connectivity index (χ2v) is 6.49. The highest BCUT2D eigenvalue weighted by Gasteiger charge is 2.13. The molecule has 0 saturated carbocycles. The normalized spacial score (nSPS) is 10.8. The molecule has 3 rings (SSSR count). The van der Waals surface area contributed by atoms with E-state index in [0.717, 1.165) is 10.0 Å². The van der Waals surface area contributed by atoms with Crippen LogP contribution >= 0.6 is 15.9 Å². The van der Waals surface area contributed by atoms with Crippen LogP contribution in [0.2, 0.25) is 0 Å². The SMILES string of the molecule is COc1ccc(-c2noc(COC(=O)/C=C/c3cccc(Br)c3)n2)cc1OC. The molecule has 0 aliphatic carbocycles. The van der Waals surface area contributed by atoms with Crippen LogP contribution in [0.4, 0.5) is 0 Å². The van der Waals surface area contributed by atoms with Gasteiger partial charge < -0.3 is 18.7 Å². The van der Waals surface area contributed by atoms with Crippen LogP contribution in [0, 0.1) is 0 Å². The van der Waals surface area contributed by atoms with Gasteiger partial charge in [0.1, 0.15) is 0 Å². The molecule has 0 aliphatic rings. The van der Waals surface area contributed by atoms with Crippen molar-refractivity contribution in [2.45, 2.75) is 6.61 Å². The minimum Gasteiger partial charge on any atom is -0.493 e. The van der Waals surface area contributed by atoms with E-state index in [1.54, 1.807) is 38.5 Å². The van der Waals surface area contributed by atoms with Gasteiger partial charge >= 0.3 is 5.97 Å². The van der Waals surface area contributed by atoms with Gasteiger partial charge in [-0.15, -0.1) is 0 Å². The lowest BCUT2D eigenvalue weighted by Crippen LogP contribution is -2.01. The van der Waals surface area contributed by atoms with Gasteiger partial charge in [-0.2, -0.15) is 4.98 Å². The summed E-state index contributed by atoms with van der Waals surface area (Å²) in [5, 5.41) is 3.90. The zero-order chi connectivity index (χ0) is 19.9. The molecule has 7 nitrogen and oxygen atoms in total. The Labute approximate surface area is 170 Å². The molecule has 0 saturated heterocycles. The molecule has 1 heterocycles. The fraction of sp³-hybridized carbons (Fsp3) is 0.150. The van der Waals surface area contributed by atoms with Gasteiger partial charge in [-0.05, 0) is 42.0 Å². The lowest BCUT2D eigenvalue weighted by Gasteiger charge is -2.07. The number of halogens is 1. The second kappa shape index (κ2) is 9.18. The number of hydrogen-bond donors (Lipinski definition) is 0. The summed E-state index contributed by atoms with van der Waals surface area (Å²) in [5.41, 5.74) is 1.56. The summed E-state index contributed by atoms with van der Waals surface area (Å²) in [6.45, 7) is -0.123. The van der Waals surface area contributed by atoms with Gasteiger partial charge in [-0.1, -0.05) is 33.2 Å². The Balaban J connectivity index is 1.61. The average Bonchev–Trinajstić information content (AvgIpc) is 3.19. The summed E-state index contributed by atoms with van der Waals surface area (Å²) < 4.78 is 21.7. The fourth-order valence-corrected chi connectivity index (χ4v) is 2.78. The molecular formula is C20H17BrN2O5. The number of methoxy groups -OCH3 is 2. The summed E-state index contributed by atoms with van der Waals surface area (Å²) in [6, 6.07) is 12.8. The van der Waals surface area contributed by atoms with E-state index < -0.39 is 5.97 Å². The van der Waals surface area contributed by atoms with Crippen molar-refractivity contribution >= 4 is 28.0 Å². The predicted molar refractivity (Wildman–Crippen MR) is 106 cm³/mol. The van der Waals surface area contributed by atoms with E-state index in [2.05, 4.69) is 26.1 Å². The van der Waals surface area contributed by atoms with Gasteiger partial charge in [0.05, 0.1) is 14.2 Å². The van der Waals surface area contributed by atoms with Crippen molar-refractivity contribution in [3.8, 4) is 22.9 Å². The molecule has 0 bridgehead atoms. The van der Waals surface area contributed by atoms with Crippen molar-refractivity contribution in [2.24, 2.45) is 0 Å². The number of aromatic nitrogens is 2. The van der Waals surface area contributed by atoms with Gasteiger partial charge in [-0.3, -0.25) is 0 Å². The largest absolute Gasteiger partial charge is 0.493 e. The van der Waals surface area contributed by atoms with E-state index in [1.807, 2.05) is 24.3 Å². The highest BCUT2D eigenvalue weighted by molar-refractivity contribution is 9.10. The van der Waals surface area contributed by atoms with Gasteiger partial charge in [0.2, 0.25) is 5.82 Å². The molecule has 0 fully saturated rings. The van der Waals surface area contributed by atoms with E-state index in [9.17, 15) is 4.79 Å². The van der Waals surface area contributed by atoms with E-state index >= 15 is 0 Å². The van der Waals surface area contributed by atoms with Gasteiger partial charge in [0, 0.05) is 16.1 Å². The molecule has 2 aromatic carbocycles. The second-order valence-electron chi connectivity index (χ2n) is 5.58. The fourth-order valence-electron chi connectivity index (χ4n) is 2.36. The zero-order valence-electron chi connectivity index (χ0n) is 15.2. The van der Waals surface area contributed by atoms with Crippen molar-refractivity contribution in [3.63, 3.8) is 0 Å². The number of carbonyl (C=O) groups is 1. The lowest BCUT2D eigenvalue weighted by molar-refractivity contribution is -0.139. The van der Waals surface area contributed by atoms with Crippen LogP contribution in [0.3, 0.4) is 0 Å². The van der Waals surface area contributed by atoms with Crippen LogP contribution in [0.5, 0.6) is 11.5 Å². The van der Waals surface area contributed by atoms with E-state index in [-0.39, 0.29) is 12.5 Å². The molecule has 0 atom stereocenters. The maximum absolute atomic E-state index is 11.9. The maximum atomic E-state index is 11.9.